The predicted octanol–water partition coefficient (Wildman–Crippen LogP) is 3.90. The molecule has 0 heterocycles. The second-order valence-corrected chi connectivity index (χ2v) is 3.89. The van der Waals surface area contributed by atoms with E-state index in [1.807, 2.05) is 24.3 Å². The van der Waals surface area contributed by atoms with Crippen molar-refractivity contribution in [2.24, 2.45) is 5.16 Å². The molecule has 0 saturated heterocycles. The molecular weight excluding hydrogens is 241 g/mol. The van der Waals surface area contributed by atoms with Gasteiger partial charge in [-0.3, -0.25) is 0 Å². The molecule has 2 aromatic rings. The maximum atomic E-state index is 12.9. The van der Waals surface area contributed by atoms with Crippen molar-refractivity contribution in [3.63, 3.8) is 0 Å². The molecule has 0 aliphatic carbocycles. The summed E-state index contributed by atoms with van der Waals surface area (Å²) in [4.78, 5) is 5.15. The van der Waals surface area contributed by atoms with E-state index in [9.17, 15) is 4.39 Å². The minimum absolute atomic E-state index is 0.322. The highest BCUT2D eigenvalue weighted by atomic mass is 19.1. The van der Waals surface area contributed by atoms with Crippen LogP contribution in [0.25, 0.3) is 6.08 Å². The molecule has 0 atom stereocenters. The van der Waals surface area contributed by atoms with Gasteiger partial charge in [-0.2, -0.15) is 0 Å². The van der Waals surface area contributed by atoms with Crippen LogP contribution in [0.5, 0.6) is 0 Å². The van der Waals surface area contributed by atoms with Crippen molar-refractivity contribution < 1.29 is 9.23 Å². The minimum atomic E-state index is -0.322. The van der Waals surface area contributed by atoms with Crippen LogP contribution in [-0.2, 0) is 11.4 Å². The summed E-state index contributed by atoms with van der Waals surface area (Å²) >= 11 is 0. The van der Waals surface area contributed by atoms with Crippen LogP contribution < -0.4 is 0 Å². The van der Waals surface area contributed by atoms with Crippen LogP contribution in [-0.4, -0.2) is 6.21 Å². The monoisotopic (exact) mass is 254 g/mol. The second-order valence-electron chi connectivity index (χ2n) is 3.89. The van der Waals surface area contributed by atoms with Gasteiger partial charge in [0.1, 0.15) is 18.6 Å². The van der Waals surface area contributed by atoms with Gasteiger partial charge in [-0.25, -0.2) is 4.39 Å². The first-order valence-corrected chi connectivity index (χ1v) is 5.83. The highest BCUT2D eigenvalue weighted by Crippen LogP contribution is 2.11. The van der Waals surface area contributed by atoms with Crippen LogP contribution in [0.2, 0.25) is 0 Å². The molecule has 2 aromatic carbocycles. The molecule has 2 nitrogen and oxygen atoms in total. The van der Waals surface area contributed by atoms with E-state index in [4.69, 9.17) is 4.84 Å². The van der Waals surface area contributed by atoms with Gasteiger partial charge in [0.15, 0.2) is 0 Å². The Hall–Kier alpha value is -2.42. The summed E-state index contributed by atoms with van der Waals surface area (Å²) in [5.74, 6) is -0.322. The molecule has 0 aliphatic heterocycles. The van der Waals surface area contributed by atoms with Crippen molar-refractivity contribution in [1.82, 2.24) is 0 Å². The molecule has 0 aliphatic rings. The summed E-state index contributed by atoms with van der Waals surface area (Å²) in [6, 6.07) is 13.7. The molecule has 0 N–H and O–H groups in total. The van der Waals surface area contributed by atoms with E-state index in [1.54, 1.807) is 18.2 Å². The van der Waals surface area contributed by atoms with Crippen LogP contribution >= 0.6 is 0 Å². The minimum Gasteiger partial charge on any atom is -0.390 e. The quantitative estimate of drug-likeness (QED) is 0.586. The molecule has 0 fully saturated rings. The average Bonchev–Trinajstić information content (AvgIpc) is 2.44. The highest BCUT2D eigenvalue weighted by Gasteiger charge is 1.98. The average molecular weight is 254 g/mol. The van der Waals surface area contributed by atoms with E-state index in [1.165, 1.54) is 12.1 Å². The maximum Gasteiger partial charge on any atom is 0.142 e. The lowest BCUT2D eigenvalue weighted by molar-refractivity contribution is 0.132. The normalized spacial score (nSPS) is 10.6. The Labute approximate surface area is 111 Å². The summed E-state index contributed by atoms with van der Waals surface area (Å²) in [5.41, 5.74) is 2.53. The van der Waals surface area contributed by atoms with Gasteiger partial charge in [0.25, 0.3) is 0 Å². The van der Waals surface area contributed by atoms with Crippen molar-refractivity contribution in [2.45, 2.75) is 6.61 Å². The van der Waals surface area contributed by atoms with Crippen molar-refractivity contribution in [1.29, 1.82) is 0 Å². The Morgan fingerprint density at radius 3 is 2.84 bits per heavy atom. The molecule has 95 valence electrons. The van der Waals surface area contributed by atoms with Gasteiger partial charge in [-0.1, -0.05) is 54.2 Å². The molecule has 0 unspecified atom stereocenters. The molecule has 1 radical (unpaired) electrons. The third-order valence-electron chi connectivity index (χ3n) is 2.56. The molecule has 3 heteroatoms. The zero-order valence-corrected chi connectivity index (χ0v) is 10.3. The Kier molecular flexibility index (Phi) is 4.45. The topological polar surface area (TPSA) is 21.6 Å². The van der Waals surface area contributed by atoms with E-state index in [2.05, 4.69) is 17.9 Å². The molecule has 0 bridgehead atoms. The number of hydrogen-bond donors (Lipinski definition) is 0. The fraction of sp³-hybridized carbons (Fsp3) is 0.0625. The van der Waals surface area contributed by atoms with E-state index in [-0.39, 0.29) is 5.82 Å². The van der Waals surface area contributed by atoms with Gasteiger partial charge in [-0.15, -0.1) is 0 Å². The number of rotatable bonds is 5. The first kappa shape index (κ1) is 13.0. The summed E-state index contributed by atoms with van der Waals surface area (Å²) in [6.45, 7) is 4.06. The standard InChI is InChI=1S/C16H13FNO/c1-2-14-7-3-4-8-15(14)12-19-18-11-13-6-5-9-16(17)10-13/h2-10H,1,12H2. The number of halogens is 1. The third-order valence-corrected chi connectivity index (χ3v) is 2.56. The second kappa shape index (κ2) is 6.50. The lowest BCUT2D eigenvalue weighted by atomic mass is 10.1. The van der Waals surface area contributed by atoms with Crippen molar-refractivity contribution in [3.05, 3.63) is 77.6 Å². The maximum absolute atomic E-state index is 12.9. The van der Waals surface area contributed by atoms with Crippen molar-refractivity contribution in [3.8, 4) is 0 Å². The van der Waals surface area contributed by atoms with Crippen molar-refractivity contribution >= 4 is 12.3 Å². The van der Waals surface area contributed by atoms with E-state index in [0.717, 1.165) is 11.1 Å². The van der Waals surface area contributed by atoms with E-state index in [0.29, 0.717) is 12.2 Å². The van der Waals surface area contributed by atoms with Gasteiger partial charge in [0.05, 0.1) is 0 Å². The molecule has 0 saturated carbocycles. The number of benzene rings is 2. The predicted molar refractivity (Wildman–Crippen MR) is 74.3 cm³/mol. The van der Waals surface area contributed by atoms with Gasteiger partial charge in [-0.05, 0) is 23.3 Å². The van der Waals surface area contributed by atoms with E-state index < -0.39 is 0 Å². The fourth-order valence-corrected chi connectivity index (χ4v) is 1.61. The Bertz CT molecular complexity index is 593. The molecule has 19 heavy (non-hydrogen) atoms. The smallest absolute Gasteiger partial charge is 0.142 e. The molecule has 0 amide bonds. The van der Waals surface area contributed by atoms with Crippen LogP contribution in [0.15, 0.2) is 60.3 Å². The Morgan fingerprint density at radius 2 is 2.05 bits per heavy atom. The molecule has 2 rings (SSSR count). The molecule has 0 spiro atoms. The summed E-state index contributed by atoms with van der Waals surface area (Å²) in [6.07, 6.45) is 4.39. The SMILES string of the molecule is C=Cc1ccccc1CO/N=[C]\c1cccc(F)c1. The summed E-state index contributed by atoms with van der Waals surface area (Å²) in [7, 11) is 0. The van der Waals surface area contributed by atoms with Crippen molar-refractivity contribution in [2.75, 3.05) is 0 Å². The summed E-state index contributed by atoms with van der Waals surface area (Å²) in [5, 5.41) is 3.70. The Balaban J connectivity index is 1.95. The first-order chi connectivity index (χ1) is 9.29. The van der Waals surface area contributed by atoms with Gasteiger partial charge < -0.3 is 4.84 Å². The zero-order valence-electron chi connectivity index (χ0n) is 10.3. The van der Waals surface area contributed by atoms with E-state index >= 15 is 0 Å². The van der Waals surface area contributed by atoms with Gasteiger partial charge in [0, 0.05) is 5.56 Å². The van der Waals surface area contributed by atoms with Crippen LogP contribution in [0, 0.1) is 5.82 Å². The molecular formula is C16H13FNO. The molecule has 0 aromatic heterocycles. The fourth-order valence-electron chi connectivity index (χ4n) is 1.61. The van der Waals surface area contributed by atoms with Gasteiger partial charge in [0.2, 0.25) is 0 Å². The van der Waals surface area contributed by atoms with Crippen LogP contribution in [0.1, 0.15) is 16.7 Å². The van der Waals surface area contributed by atoms with Crippen LogP contribution in [0.3, 0.4) is 0 Å². The highest BCUT2D eigenvalue weighted by molar-refractivity contribution is 5.78. The number of nitrogens with zero attached hydrogens (tertiary/aromatic N) is 1. The number of hydrogen-bond acceptors (Lipinski definition) is 2. The zero-order chi connectivity index (χ0) is 13.5. The lowest BCUT2D eigenvalue weighted by Gasteiger charge is -2.03. The third kappa shape index (κ3) is 3.78. The van der Waals surface area contributed by atoms with Gasteiger partial charge >= 0.3 is 0 Å². The Morgan fingerprint density at radius 1 is 1.21 bits per heavy atom. The van der Waals surface area contributed by atoms with Crippen LogP contribution in [0.4, 0.5) is 4.39 Å². The lowest BCUT2D eigenvalue weighted by Crippen LogP contribution is -1.91. The summed E-state index contributed by atoms with van der Waals surface area (Å²) < 4.78 is 12.9. The largest absolute Gasteiger partial charge is 0.390 e. The first-order valence-electron chi connectivity index (χ1n) is 5.83.